The van der Waals surface area contributed by atoms with E-state index in [9.17, 15) is 20.2 Å². The number of aromatic nitrogens is 2. The van der Waals surface area contributed by atoms with Gasteiger partial charge in [0.25, 0.3) is 5.69 Å². The number of nitrogens with zero attached hydrogens (tertiary/aromatic N) is 4. The largest absolute Gasteiger partial charge is 0.434 e. The number of nitrogens with one attached hydrogen (secondary N) is 1. The Morgan fingerprint density at radius 1 is 1.10 bits per heavy atom. The third kappa shape index (κ3) is 2.98. The lowest BCUT2D eigenvalue weighted by molar-refractivity contribution is -0.385. The van der Waals surface area contributed by atoms with Crippen LogP contribution in [0, 0.1) is 20.2 Å². The maximum Gasteiger partial charge on any atom is 0.374 e. The third-order valence-electron chi connectivity index (χ3n) is 2.37. The van der Waals surface area contributed by atoms with Gasteiger partial charge in [0.15, 0.2) is 0 Å². The summed E-state index contributed by atoms with van der Waals surface area (Å²) in [7, 11) is 0. The van der Waals surface area contributed by atoms with Gasteiger partial charge < -0.3 is 10.2 Å². The molecule has 0 radical (unpaired) electrons. The number of nitro benzene ring substituents is 1. The van der Waals surface area contributed by atoms with Crippen molar-refractivity contribution in [1.29, 1.82) is 0 Å². The molecule has 0 fully saturated rings. The molecule has 0 aliphatic rings. The second kappa shape index (κ2) is 5.75. The van der Waals surface area contributed by atoms with Crippen LogP contribution in [0.1, 0.15) is 0 Å². The molecule has 0 unspecified atom stereocenters. The fourth-order valence-electron chi connectivity index (χ4n) is 1.46. The van der Waals surface area contributed by atoms with E-state index in [0.717, 1.165) is 6.33 Å². The Hall–Kier alpha value is -3.34. The number of nitrogen functional groups attached to an aromatic ring is 1. The monoisotopic (exact) mass is 292 g/mol. The van der Waals surface area contributed by atoms with Crippen molar-refractivity contribution in [2.45, 2.75) is 0 Å². The van der Waals surface area contributed by atoms with Gasteiger partial charge in [0.1, 0.15) is 12.1 Å². The highest BCUT2D eigenvalue weighted by Crippen LogP contribution is 2.33. The first-order valence-corrected chi connectivity index (χ1v) is 5.41. The van der Waals surface area contributed by atoms with E-state index in [1.807, 2.05) is 0 Å². The lowest BCUT2D eigenvalue weighted by Gasteiger charge is -2.06. The smallest absolute Gasteiger partial charge is 0.374 e. The number of nitro groups is 2. The summed E-state index contributed by atoms with van der Waals surface area (Å²) in [6.07, 6.45) is 1.03. The molecule has 1 aromatic carbocycles. The van der Waals surface area contributed by atoms with E-state index in [4.69, 9.17) is 10.6 Å². The van der Waals surface area contributed by atoms with Crippen LogP contribution >= 0.6 is 0 Å². The average molecular weight is 292 g/mol. The highest BCUT2D eigenvalue weighted by atomic mass is 16.6. The molecule has 0 saturated heterocycles. The van der Waals surface area contributed by atoms with Gasteiger partial charge in [-0.05, 0) is 12.1 Å². The molecule has 0 saturated carbocycles. The van der Waals surface area contributed by atoms with E-state index >= 15 is 0 Å². The van der Waals surface area contributed by atoms with Crippen LogP contribution in [0.25, 0.3) is 0 Å². The highest BCUT2D eigenvalue weighted by molar-refractivity contribution is 5.61. The van der Waals surface area contributed by atoms with Crippen LogP contribution in [0.3, 0.4) is 0 Å². The van der Waals surface area contributed by atoms with Gasteiger partial charge in [0.2, 0.25) is 5.82 Å². The number of hydrogen-bond acceptors (Lipinski definition) is 9. The van der Waals surface area contributed by atoms with Crippen molar-refractivity contribution in [2.75, 3.05) is 5.43 Å². The Bertz CT molecular complexity index is 689. The van der Waals surface area contributed by atoms with E-state index in [2.05, 4.69) is 15.4 Å². The number of nitrogens with two attached hydrogens (primary N) is 1. The van der Waals surface area contributed by atoms with Crippen molar-refractivity contribution >= 4 is 17.2 Å². The average Bonchev–Trinajstić information content (AvgIpc) is 2.47. The Balaban J connectivity index is 2.35. The molecule has 0 bridgehead atoms. The Kier molecular flexibility index (Phi) is 3.85. The maximum atomic E-state index is 11.0. The molecular formula is C10H8N6O5. The van der Waals surface area contributed by atoms with Gasteiger partial charge in [-0.3, -0.25) is 20.2 Å². The Morgan fingerprint density at radius 3 is 2.29 bits per heavy atom. The first-order chi connectivity index (χ1) is 10.0. The number of ether oxygens (including phenoxy) is 1. The van der Waals surface area contributed by atoms with Crippen LogP contribution in [-0.4, -0.2) is 19.8 Å². The van der Waals surface area contributed by atoms with Gasteiger partial charge in [0, 0.05) is 12.1 Å². The summed E-state index contributed by atoms with van der Waals surface area (Å²) in [4.78, 5) is 27.5. The van der Waals surface area contributed by atoms with Crippen LogP contribution in [0.5, 0.6) is 11.6 Å². The molecule has 21 heavy (non-hydrogen) atoms. The summed E-state index contributed by atoms with van der Waals surface area (Å²) in [5.41, 5.74) is 1.39. The molecule has 0 atom stereocenters. The number of rotatable bonds is 5. The van der Waals surface area contributed by atoms with Gasteiger partial charge in [0.05, 0.1) is 9.85 Å². The molecule has 3 N–H and O–H groups in total. The fourth-order valence-corrected chi connectivity index (χ4v) is 1.46. The number of benzene rings is 1. The number of anilines is 1. The SMILES string of the molecule is NNc1ncnc(Oc2ccc([N+](=O)[O-])cc2)c1[N+](=O)[O-]. The van der Waals surface area contributed by atoms with Crippen molar-refractivity contribution in [3.05, 3.63) is 50.8 Å². The minimum atomic E-state index is -0.754. The number of hydrazine groups is 1. The number of non-ortho nitro benzene ring substituents is 1. The summed E-state index contributed by atoms with van der Waals surface area (Å²) < 4.78 is 5.24. The molecule has 0 aliphatic heterocycles. The summed E-state index contributed by atoms with van der Waals surface area (Å²) in [6, 6.07) is 4.98. The van der Waals surface area contributed by atoms with Crippen LogP contribution in [0.15, 0.2) is 30.6 Å². The highest BCUT2D eigenvalue weighted by Gasteiger charge is 2.24. The molecule has 108 valence electrons. The Morgan fingerprint density at radius 2 is 1.76 bits per heavy atom. The molecule has 0 spiro atoms. The van der Waals surface area contributed by atoms with Gasteiger partial charge in [-0.25, -0.2) is 10.8 Å². The van der Waals surface area contributed by atoms with Gasteiger partial charge >= 0.3 is 11.6 Å². The fraction of sp³-hybridized carbons (Fsp3) is 0. The van der Waals surface area contributed by atoms with E-state index in [-0.39, 0.29) is 23.1 Å². The van der Waals surface area contributed by atoms with Crippen LogP contribution in [-0.2, 0) is 0 Å². The van der Waals surface area contributed by atoms with Gasteiger partial charge in [-0.1, -0.05) is 0 Å². The maximum absolute atomic E-state index is 11.0. The molecular weight excluding hydrogens is 284 g/mol. The summed E-state index contributed by atoms with van der Waals surface area (Å²) in [5.74, 6) is 4.72. The zero-order valence-corrected chi connectivity index (χ0v) is 10.3. The normalized spacial score (nSPS) is 9.95. The lowest BCUT2D eigenvalue weighted by Crippen LogP contribution is -2.12. The van der Waals surface area contributed by atoms with E-state index in [1.165, 1.54) is 24.3 Å². The molecule has 2 aromatic rings. The minimum absolute atomic E-state index is 0.135. The molecule has 1 heterocycles. The molecule has 0 aliphatic carbocycles. The minimum Gasteiger partial charge on any atom is -0.434 e. The van der Waals surface area contributed by atoms with E-state index in [0.29, 0.717) is 0 Å². The molecule has 11 heteroatoms. The van der Waals surface area contributed by atoms with Crippen molar-refractivity contribution in [3.63, 3.8) is 0 Å². The number of hydrogen-bond donors (Lipinski definition) is 2. The van der Waals surface area contributed by atoms with Crippen LogP contribution < -0.4 is 16.0 Å². The van der Waals surface area contributed by atoms with Crippen molar-refractivity contribution < 1.29 is 14.6 Å². The van der Waals surface area contributed by atoms with Gasteiger partial charge in [-0.2, -0.15) is 4.98 Å². The second-order valence-electron chi connectivity index (χ2n) is 3.63. The summed E-state index contributed by atoms with van der Waals surface area (Å²) in [6.45, 7) is 0. The third-order valence-corrected chi connectivity index (χ3v) is 2.37. The van der Waals surface area contributed by atoms with Crippen molar-refractivity contribution in [3.8, 4) is 11.6 Å². The predicted molar refractivity (Wildman–Crippen MR) is 69.7 cm³/mol. The quantitative estimate of drug-likeness (QED) is 0.471. The zero-order chi connectivity index (χ0) is 15.4. The topological polar surface area (TPSA) is 159 Å². The van der Waals surface area contributed by atoms with Crippen LogP contribution in [0.4, 0.5) is 17.2 Å². The molecule has 0 amide bonds. The van der Waals surface area contributed by atoms with Crippen molar-refractivity contribution in [1.82, 2.24) is 9.97 Å². The van der Waals surface area contributed by atoms with Crippen molar-refractivity contribution in [2.24, 2.45) is 5.84 Å². The molecule has 11 nitrogen and oxygen atoms in total. The summed E-state index contributed by atoms with van der Waals surface area (Å²) in [5, 5.41) is 21.5. The lowest BCUT2D eigenvalue weighted by atomic mass is 10.3. The Labute approximate surface area is 116 Å². The summed E-state index contributed by atoms with van der Waals surface area (Å²) >= 11 is 0. The van der Waals surface area contributed by atoms with E-state index < -0.39 is 15.5 Å². The standard InChI is InChI=1S/C10H8N6O5/c11-14-9-8(16(19)20)10(13-5-12-9)21-7-3-1-6(2-4-7)15(17)18/h1-5H,11H2,(H,12,13,14). The first-order valence-electron chi connectivity index (χ1n) is 5.41. The predicted octanol–water partition coefficient (Wildman–Crippen LogP) is 1.37. The zero-order valence-electron chi connectivity index (χ0n) is 10.3. The van der Waals surface area contributed by atoms with Crippen LogP contribution in [0.2, 0.25) is 0 Å². The van der Waals surface area contributed by atoms with Gasteiger partial charge in [-0.15, -0.1) is 0 Å². The van der Waals surface area contributed by atoms with E-state index in [1.54, 1.807) is 0 Å². The molecule has 2 rings (SSSR count). The second-order valence-corrected chi connectivity index (χ2v) is 3.63. The first kappa shape index (κ1) is 14.1. The molecule has 1 aromatic heterocycles.